The average molecular weight is 490 g/mol. The molecule has 3 aromatic carbocycles. The molecule has 0 bridgehead atoms. The van der Waals surface area contributed by atoms with E-state index in [0.717, 1.165) is 16.7 Å². The molecule has 0 spiro atoms. The quantitative estimate of drug-likeness (QED) is 0.261. The minimum Gasteiger partial charge on any atom is -0.480 e. The second kappa shape index (κ2) is 12.1. The molecule has 0 fully saturated rings. The van der Waals surface area contributed by atoms with Gasteiger partial charge in [0.25, 0.3) is 0 Å². The maximum atomic E-state index is 13.3. The van der Waals surface area contributed by atoms with Crippen molar-refractivity contribution < 1.29 is 24.6 Å². The number of amides is 2. The molecular formula is C28H31N3O5. The highest BCUT2D eigenvalue weighted by Gasteiger charge is 2.38. The Hall–Kier alpha value is -4.01. The van der Waals surface area contributed by atoms with E-state index < -0.39 is 35.6 Å². The van der Waals surface area contributed by atoms with Gasteiger partial charge in [0.15, 0.2) is 6.04 Å². The second-order valence-corrected chi connectivity index (χ2v) is 8.61. The van der Waals surface area contributed by atoms with Crippen LogP contribution in [0.25, 0.3) is 0 Å². The van der Waals surface area contributed by atoms with Crippen molar-refractivity contribution in [1.29, 1.82) is 0 Å². The smallest absolute Gasteiger partial charge is 0.328 e. The van der Waals surface area contributed by atoms with Gasteiger partial charge in [0.05, 0.1) is 12.1 Å². The average Bonchev–Trinajstić information content (AvgIpc) is 2.90. The number of carboxylic acids is 1. The Morgan fingerprint density at radius 2 is 1.25 bits per heavy atom. The highest BCUT2D eigenvalue weighted by molar-refractivity contribution is 5.88. The number of aliphatic carboxylic acids is 1. The van der Waals surface area contributed by atoms with Crippen LogP contribution in [0.2, 0.25) is 0 Å². The van der Waals surface area contributed by atoms with E-state index >= 15 is 0 Å². The lowest BCUT2D eigenvalue weighted by molar-refractivity contribution is -0.145. The Labute approximate surface area is 210 Å². The number of aliphatic hydroxyl groups is 1. The predicted octanol–water partition coefficient (Wildman–Crippen LogP) is 2.15. The molecule has 0 aliphatic heterocycles. The molecule has 6 N–H and O–H groups in total. The molecule has 36 heavy (non-hydrogen) atoms. The van der Waals surface area contributed by atoms with Crippen LogP contribution in [0, 0.1) is 0 Å². The van der Waals surface area contributed by atoms with Crippen molar-refractivity contribution in [2.75, 3.05) is 0 Å². The van der Waals surface area contributed by atoms with Crippen LogP contribution in [0.1, 0.15) is 36.5 Å². The Morgan fingerprint density at radius 3 is 1.61 bits per heavy atom. The Balaban J connectivity index is 1.86. The van der Waals surface area contributed by atoms with Crippen molar-refractivity contribution in [1.82, 2.24) is 10.6 Å². The van der Waals surface area contributed by atoms with Crippen molar-refractivity contribution in [3.8, 4) is 0 Å². The number of carboxylic acid groups (broad SMARTS) is 1. The summed E-state index contributed by atoms with van der Waals surface area (Å²) in [7, 11) is 0. The molecule has 3 rings (SSSR count). The maximum absolute atomic E-state index is 13.3. The number of nitrogens with two attached hydrogens (primary N) is 1. The summed E-state index contributed by atoms with van der Waals surface area (Å²) in [4.78, 5) is 36.9. The third kappa shape index (κ3) is 6.16. The van der Waals surface area contributed by atoms with Crippen LogP contribution < -0.4 is 16.4 Å². The molecule has 0 radical (unpaired) electrons. The highest BCUT2D eigenvalue weighted by atomic mass is 16.4. The molecule has 0 aliphatic rings. The molecule has 8 nitrogen and oxygen atoms in total. The first kappa shape index (κ1) is 26.6. The van der Waals surface area contributed by atoms with Crippen molar-refractivity contribution in [2.24, 2.45) is 5.73 Å². The van der Waals surface area contributed by atoms with Gasteiger partial charge < -0.3 is 26.6 Å². The summed E-state index contributed by atoms with van der Waals surface area (Å²) in [6.07, 6.45) is -1.39. The summed E-state index contributed by atoms with van der Waals surface area (Å²) in [5.74, 6) is -2.46. The molecule has 0 saturated heterocycles. The van der Waals surface area contributed by atoms with Crippen LogP contribution in [0.3, 0.4) is 0 Å². The molecular weight excluding hydrogens is 458 g/mol. The van der Waals surface area contributed by atoms with Crippen molar-refractivity contribution in [3.05, 3.63) is 108 Å². The fourth-order valence-electron chi connectivity index (χ4n) is 4.12. The molecule has 8 heteroatoms. The van der Waals surface area contributed by atoms with E-state index in [1.165, 1.54) is 6.92 Å². The number of hydrogen-bond acceptors (Lipinski definition) is 5. The lowest BCUT2D eigenvalue weighted by Crippen LogP contribution is -2.53. The van der Waals surface area contributed by atoms with Crippen LogP contribution in [0.4, 0.5) is 0 Å². The number of carbonyl (C=O) groups excluding carboxylic acids is 2. The van der Waals surface area contributed by atoms with Crippen LogP contribution in [0.5, 0.6) is 0 Å². The number of benzene rings is 3. The SMILES string of the molecule is C[C@@H](O)[C@H](NC(=O)[C@@H](N)CCC(=O)NC(c1ccccc1)(c1ccccc1)c1ccccc1)C(=O)O. The summed E-state index contributed by atoms with van der Waals surface area (Å²) in [6.45, 7) is 1.26. The Kier molecular flexibility index (Phi) is 8.94. The zero-order valence-electron chi connectivity index (χ0n) is 20.0. The minimum atomic E-state index is -1.49. The fraction of sp³-hybridized carbons (Fsp3) is 0.250. The van der Waals surface area contributed by atoms with Gasteiger partial charge in [-0.15, -0.1) is 0 Å². The van der Waals surface area contributed by atoms with Crippen molar-refractivity contribution in [2.45, 2.75) is 43.5 Å². The van der Waals surface area contributed by atoms with Gasteiger partial charge in [-0.25, -0.2) is 4.79 Å². The van der Waals surface area contributed by atoms with Gasteiger partial charge in [0, 0.05) is 6.42 Å². The first-order valence-corrected chi connectivity index (χ1v) is 11.7. The number of rotatable bonds is 11. The van der Waals surface area contributed by atoms with E-state index in [9.17, 15) is 19.5 Å². The van der Waals surface area contributed by atoms with Gasteiger partial charge in [0.1, 0.15) is 5.54 Å². The normalized spacial score (nSPS) is 13.8. The molecule has 0 aromatic heterocycles. The lowest BCUT2D eigenvalue weighted by Gasteiger charge is -2.37. The van der Waals surface area contributed by atoms with Crippen molar-refractivity contribution >= 4 is 17.8 Å². The molecule has 3 aromatic rings. The van der Waals surface area contributed by atoms with Crippen molar-refractivity contribution in [3.63, 3.8) is 0 Å². The largest absolute Gasteiger partial charge is 0.480 e. The third-order valence-corrected chi connectivity index (χ3v) is 6.01. The van der Waals surface area contributed by atoms with Gasteiger partial charge >= 0.3 is 5.97 Å². The van der Waals surface area contributed by atoms with E-state index in [2.05, 4.69) is 10.6 Å². The zero-order chi connectivity index (χ0) is 26.1. The molecule has 188 valence electrons. The molecule has 3 atom stereocenters. The van der Waals surface area contributed by atoms with E-state index in [1.807, 2.05) is 91.0 Å². The van der Waals surface area contributed by atoms with Gasteiger partial charge in [-0.3, -0.25) is 9.59 Å². The number of carbonyl (C=O) groups is 3. The van der Waals surface area contributed by atoms with E-state index in [-0.39, 0.29) is 18.7 Å². The zero-order valence-corrected chi connectivity index (χ0v) is 20.0. The molecule has 0 saturated carbocycles. The molecule has 0 unspecified atom stereocenters. The highest BCUT2D eigenvalue weighted by Crippen LogP contribution is 2.36. The summed E-state index contributed by atoms with van der Waals surface area (Å²) in [6, 6.07) is 26.2. The number of hydrogen-bond donors (Lipinski definition) is 5. The van der Waals surface area contributed by atoms with E-state index in [0.29, 0.717) is 0 Å². The first-order chi connectivity index (χ1) is 17.3. The van der Waals surface area contributed by atoms with Gasteiger partial charge in [-0.1, -0.05) is 91.0 Å². The monoisotopic (exact) mass is 489 g/mol. The maximum Gasteiger partial charge on any atom is 0.328 e. The summed E-state index contributed by atoms with van der Waals surface area (Å²) in [5, 5.41) is 24.2. The second-order valence-electron chi connectivity index (χ2n) is 8.61. The topological polar surface area (TPSA) is 142 Å². The first-order valence-electron chi connectivity index (χ1n) is 11.7. The van der Waals surface area contributed by atoms with Gasteiger partial charge in [-0.05, 0) is 30.0 Å². The van der Waals surface area contributed by atoms with Crippen LogP contribution in [0.15, 0.2) is 91.0 Å². The lowest BCUT2D eigenvalue weighted by atomic mass is 9.77. The fourth-order valence-corrected chi connectivity index (χ4v) is 4.12. The van der Waals surface area contributed by atoms with Crippen LogP contribution in [-0.4, -0.2) is 46.2 Å². The molecule has 0 heterocycles. The predicted molar refractivity (Wildman–Crippen MR) is 136 cm³/mol. The van der Waals surface area contributed by atoms with Crippen LogP contribution >= 0.6 is 0 Å². The van der Waals surface area contributed by atoms with E-state index in [1.54, 1.807) is 0 Å². The Morgan fingerprint density at radius 1 is 0.833 bits per heavy atom. The van der Waals surface area contributed by atoms with Gasteiger partial charge in [0.2, 0.25) is 11.8 Å². The van der Waals surface area contributed by atoms with Crippen LogP contribution in [-0.2, 0) is 19.9 Å². The molecule has 2 amide bonds. The Bertz CT molecular complexity index is 1060. The van der Waals surface area contributed by atoms with Gasteiger partial charge in [-0.2, -0.15) is 0 Å². The summed E-state index contributed by atoms with van der Waals surface area (Å²) < 4.78 is 0. The molecule has 0 aliphatic carbocycles. The standard InChI is InChI=1S/C28H31N3O5/c1-19(32)25(27(35)36)30-26(34)23(29)17-18-24(33)31-28(20-11-5-2-6-12-20,21-13-7-3-8-14-21)22-15-9-4-10-16-22/h2-16,19,23,25,32H,17-18,29H2,1H3,(H,30,34)(H,31,33)(H,35,36)/t19-,23+,25+/m1/s1. The number of aliphatic hydroxyl groups excluding tert-OH is 1. The summed E-state index contributed by atoms with van der Waals surface area (Å²) >= 11 is 0. The van der Waals surface area contributed by atoms with E-state index in [4.69, 9.17) is 10.8 Å². The number of nitrogens with one attached hydrogen (secondary N) is 2. The summed E-state index contributed by atoms with van der Waals surface area (Å²) in [5.41, 5.74) is 7.53. The minimum absolute atomic E-state index is 0.0156. The third-order valence-electron chi connectivity index (χ3n) is 6.01.